The molecule has 2 heterocycles. The zero-order chi connectivity index (χ0) is 26.5. The van der Waals surface area contributed by atoms with Gasteiger partial charge in [-0.25, -0.2) is 12.8 Å². The lowest BCUT2D eigenvalue weighted by Crippen LogP contribution is -2.50. The number of sulfone groups is 1. The molecular weight excluding hydrogens is 515 g/mol. The summed E-state index contributed by atoms with van der Waals surface area (Å²) in [6.45, 7) is 0.539. The molecule has 0 saturated carbocycles. The van der Waals surface area contributed by atoms with E-state index in [1.165, 1.54) is 6.07 Å². The predicted molar refractivity (Wildman–Crippen MR) is 119 cm³/mol. The van der Waals surface area contributed by atoms with Gasteiger partial charge in [0.25, 0.3) is 0 Å². The number of benzene rings is 1. The molecule has 3 atom stereocenters. The van der Waals surface area contributed by atoms with E-state index in [0.29, 0.717) is 62.3 Å². The van der Waals surface area contributed by atoms with E-state index in [1.807, 2.05) is 4.90 Å². The average Bonchev–Trinajstić information content (AvgIpc) is 3.22. The van der Waals surface area contributed by atoms with Gasteiger partial charge in [0, 0.05) is 24.1 Å². The van der Waals surface area contributed by atoms with Crippen molar-refractivity contribution in [2.24, 2.45) is 5.92 Å². The fourth-order valence-corrected chi connectivity index (χ4v) is 7.74. The number of aliphatic hydroxyl groups excluding tert-OH is 1. The van der Waals surface area contributed by atoms with Crippen molar-refractivity contribution in [3.05, 3.63) is 34.9 Å². The van der Waals surface area contributed by atoms with Gasteiger partial charge >= 0.3 is 18.0 Å². The monoisotopic (exact) mass is 545 g/mol. The maximum atomic E-state index is 14.5. The van der Waals surface area contributed by atoms with Crippen molar-refractivity contribution in [2.75, 3.05) is 18.1 Å². The minimum Gasteiger partial charge on any atom is -0.378 e. The van der Waals surface area contributed by atoms with Crippen LogP contribution in [-0.4, -0.2) is 61.1 Å². The second-order valence-electron chi connectivity index (χ2n) is 10.3. The summed E-state index contributed by atoms with van der Waals surface area (Å²) in [4.78, 5) is 1.94. The molecule has 3 aliphatic rings. The van der Waals surface area contributed by atoms with Gasteiger partial charge in [0.2, 0.25) is 0 Å². The van der Waals surface area contributed by atoms with Crippen LogP contribution in [0.1, 0.15) is 67.6 Å². The van der Waals surface area contributed by atoms with Gasteiger partial charge < -0.3 is 5.11 Å². The smallest absolute Gasteiger partial charge is 0.378 e. The molecule has 0 amide bonds. The van der Waals surface area contributed by atoms with Crippen molar-refractivity contribution in [2.45, 2.75) is 87.6 Å². The Labute approximate surface area is 205 Å². The molecule has 0 radical (unpaired) electrons. The van der Waals surface area contributed by atoms with E-state index in [4.69, 9.17) is 0 Å². The van der Waals surface area contributed by atoms with E-state index in [2.05, 4.69) is 0 Å². The number of hydrogen-bond acceptors (Lipinski definition) is 4. The maximum Gasteiger partial charge on any atom is 0.435 e. The molecule has 2 fully saturated rings. The highest BCUT2D eigenvalue weighted by molar-refractivity contribution is 7.91. The number of nitrogens with zero attached hydrogens (tertiary/aromatic N) is 1. The van der Waals surface area contributed by atoms with Gasteiger partial charge in [-0.1, -0.05) is 24.6 Å². The molecule has 1 unspecified atom stereocenters. The highest BCUT2D eigenvalue weighted by atomic mass is 32.2. The Kier molecular flexibility index (Phi) is 7.46. The topological polar surface area (TPSA) is 57.6 Å². The first-order chi connectivity index (χ1) is 16.6. The van der Waals surface area contributed by atoms with Crippen molar-refractivity contribution >= 4 is 9.84 Å². The standard InChI is InChI=1S/C24H30F7NO3S/c25-22(23(26,27)28,24(29,30)31)17-5-6-18-16(14-17)4-7-20-19(18)8-11-32(20)21(33)3-1-2-15-9-12-36(34,35)13-10-15/h5-6,14-15,19-21,33H,1-4,7-13H2/t19-,20+,21?/m0/s1. The highest BCUT2D eigenvalue weighted by Gasteiger charge is 2.73. The number of fused-ring (bicyclic) bond motifs is 3. The number of rotatable bonds is 6. The third-order valence-corrected chi connectivity index (χ3v) is 9.87. The molecule has 1 N–H and O–H groups in total. The van der Waals surface area contributed by atoms with E-state index in [0.717, 1.165) is 12.8 Å². The molecule has 2 aliphatic heterocycles. The Morgan fingerprint density at radius 1 is 0.972 bits per heavy atom. The molecule has 0 bridgehead atoms. The molecule has 1 aliphatic carbocycles. The lowest BCUT2D eigenvalue weighted by molar-refractivity contribution is -0.348. The zero-order valence-electron chi connectivity index (χ0n) is 19.6. The predicted octanol–water partition coefficient (Wildman–Crippen LogP) is 5.39. The molecule has 12 heteroatoms. The van der Waals surface area contributed by atoms with Crippen LogP contribution >= 0.6 is 0 Å². The van der Waals surface area contributed by atoms with E-state index < -0.39 is 39.6 Å². The quantitative estimate of drug-likeness (QED) is 0.487. The Hall–Kier alpha value is -1.40. The molecule has 2 saturated heterocycles. The van der Waals surface area contributed by atoms with Crippen LogP contribution in [0.25, 0.3) is 0 Å². The summed E-state index contributed by atoms with van der Waals surface area (Å²) in [5.41, 5.74) is -6.00. The third kappa shape index (κ3) is 5.14. The zero-order valence-corrected chi connectivity index (χ0v) is 20.4. The highest BCUT2D eigenvalue weighted by Crippen LogP contribution is 2.54. The van der Waals surface area contributed by atoms with Gasteiger partial charge in [-0.3, -0.25) is 4.90 Å². The molecule has 4 nitrogen and oxygen atoms in total. The molecule has 0 aromatic heterocycles. The number of likely N-dealkylation sites (tertiary alicyclic amines) is 1. The van der Waals surface area contributed by atoms with Crippen LogP contribution in [0.3, 0.4) is 0 Å². The van der Waals surface area contributed by atoms with Crippen molar-refractivity contribution in [1.82, 2.24) is 4.90 Å². The van der Waals surface area contributed by atoms with Gasteiger partial charge in [-0.15, -0.1) is 0 Å². The van der Waals surface area contributed by atoms with Crippen LogP contribution < -0.4 is 0 Å². The Morgan fingerprint density at radius 3 is 2.22 bits per heavy atom. The summed E-state index contributed by atoms with van der Waals surface area (Å²) in [6, 6.07) is 2.38. The van der Waals surface area contributed by atoms with Crippen molar-refractivity contribution < 1.29 is 44.3 Å². The number of hydrogen-bond donors (Lipinski definition) is 1. The first-order valence-electron chi connectivity index (χ1n) is 12.2. The molecule has 1 aromatic carbocycles. The molecule has 36 heavy (non-hydrogen) atoms. The minimum absolute atomic E-state index is 0.0986. The molecule has 4 rings (SSSR count). The van der Waals surface area contributed by atoms with Crippen LogP contribution in [0, 0.1) is 5.92 Å². The van der Waals surface area contributed by atoms with Crippen LogP contribution in [0.15, 0.2) is 18.2 Å². The number of halogens is 7. The fourth-order valence-electron chi connectivity index (χ4n) is 6.15. The van der Waals surface area contributed by atoms with Crippen molar-refractivity contribution in [3.63, 3.8) is 0 Å². The molecule has 204 valence electrons. The molecule has 0 spiro atoms. The second-order valence-corrected chi connectivity index (χ2v) is 12.6. The van der Waals surface area contributed by atoms with E-state index in [-0.39, 0.29) is 35.4 Å². The molecule has 1 aromatic rings. The minimum atomic E-state index is -6.14. The van der Waals surface area contributed by atoms with Crippen LogP contribution in [0.5, 0.6) is 0 Å². The summed E-state index contributed by atoms with van der Waals surface area (Å²) in [5, 5.41) is 10.8. The van der Waals surface area contributed by atoms with Crippen LogP contribution in [-0.2, 0) is 21.9 Å². The van der Waals surface area contributed by atoms with Gasteiger partial charge in [0.15, 0.2) is 0 Å². The summed E-state index contributed by atoms with van der Waals surface area (Å²) >= 11 is 0. The normalized spacial score (nSPS) is 26.4. The van der Waals surface area contributed by atoms with E-state index in [1.54, 1.807) is 0 Å². The largest absolute Gasteiger partial charge is 0.435 e. The summed E-state index contributed by atoms with van der Waals surface area (Å²) in [5.74, 6) is 0.560. The third-order valence-electron chi connectivity index (χ3n) is 8.15. The number of aryl methyl sites for hydroxylation is 1. The average molecular weight is 546 g/mol. The Bertz CT molecular complexity index is 1030. The van der Waals surface area contributed by atoms with Crippen LogP contribution in [0.4, 0.5) is 30.7 Å². The lowest BCUT2D eigenvalue weighted by atomic mass is 9.77. The Balaban J connectivity index is 1.41. The van der Waals surface area contributed by atoms with Crippen molar-refractivity contribution in [3.8, 4) is 0 Å². The fraction of sp³-hybridized carbons (Fsp3) is 0.750. The maximum absolute atomic E-state index is 14.5. The Morgan fingerprint density at radius 2 is 1.61 bits per heavy atom. The van der Waals surface area contributed by atoms with Crippen molar-refractivity contribution in [1.29, 1.82) is 0 Å². The van der Waals surface area contributed by atoms with E-state index in [9.17, 15) is 44.3 Å². The molecular formula is C24H30F7NO3S. The van der Waals surface area contributed by atoms with Gasteiger partial charge in [0.05, 0.1) is 11.5 Å². The first-order valence-corrected chi connectivity index (χ1v) is 14.1. The summed E-state index contributed by atoms with van der Waals surface area (Å²) in [6.07, 6.45) is -8.48. The number of aliphatic hydroxyl groups is 1. The van der Waals surface area contributed by atoms with E-state index >= 15 is 0 Å². The summed E-state index contributed by atoms with van der Waals surface area (Å²) in [7, 11) is -2.92. The van der Waals surface area contributed by atoms with Crippen LogP contribution in [0.2, 0.25) is 0 Å². The second kappa shape index (κ2) is 9.72. The van der Waals surface area contributed by atoms with Gasteiger partial charge in [-0.2, -0.15) is 26.3 Å². The lowest BCUT2D eigenvalue weighted by Gasteiger charge is -2.37. The first kappa shape index (κ1) is 27.6. The number of alkyl halides is 7. The van der Waals surface area contributed by atoms with Gasteiger partial charge in [0.1, 0.15) is 16.1 Å². The summed E-state index contributed by atoms with van der Waals surface area (Å²) < 4.78 is 117. The SMILES string of the molecule is O=S1(=O)CCC(CCCC(O)N2CC[C@H]3c4ccc(C(F)(C(F)(F)F)C(F)(F)F)cc4CC[C@H]32)CC1. The van der Waals surface area contributed by atoms with Gasteiger partial charge in [-0.05, 0) is 62.0 Å².